The molecule has 1 aliphatic rings. The fourth-order valence-corrected chi connectivity index (χ4v) is 3.51. The molecule has 1 saturated heterocycles. The predicted octanol–water partition coefficient (Wildman–Crippen LogP) is 3.90. The van der Waals surface area contributed by atoms with Crippen LogP contribution in [0.25, 0.3) is 0 Å². The first kappa shape index (κ1) is 16.5. The summed E-state index contributed by atoms with van der Waals surface area (Å²) in [6.07, 6.45) is 3.92. The lowest BCUT2D eigenvalue weighted by Crippen LogP contribution is -2.32. The number of benzene rings is 1. The average molecular weight is 393 g/mol. The zero-order chi connectivity index (χ0) is 16.1. The predicted molar refractivity (Wildman–Crippen MR) is 93.8 cm³/mol. The number of hydrogen-bond acceptors (Lipinski definition) is 4. The summed E-state index contributed by atoms with van der Waals surface area (Å²) in [6.45, 7) is 1.34. The average Bonchev–Trinajstić information content (AvgIpc) is 3.09. The molecule has 4 nitrogen and oxygen atoms in total. The summed E-state index contributed by atoms with van der Waals surface area (Å²) in [7, 11) is 0. The Kier molecular flexibility index (Phi) is 5.70. The van der Waals surface area contributed by atoms with Crippen molar-refractivity contribution < 1.29 is 9.53 Å². The molecule has 1 atom stereocenters. The Hall–Kier alpha value is -1.37. The van der Waals surface area contributed by atoms with Crippen molar-refractivity contribution in [2.75, 3.05) is 13.2 Å². The highest BCUT2D eigenvalue weighted by molar-refractivity contribution is 9.10. The van der Waals surface area contributed by atoms with Gasteiger partial charge in [0.05, 0.1) is 11.7 Å². The second-order valence-corrected chi connectivity index (χ2v) is 7.24. The van der Waals surface area contributed by atoms with Crippen LogP contribution < -0.4 is 5.32 Å². The molecule has 0 spiro atoms. The maximum Gasteiger partial charge on any atom is 0.254 e. The number of ether oxygens (including phenoxy) is 1. The second-order valence-electron chi connectivity index (χ2n) is 5.26. The molecule has 2 heterocycles. The van der Waals surface area contributed by atoms with Crippen LogP contribution in [-0.4, -0.2) is 30.1 Å². The summed E-state index contributed by atoms with van der Waals surface area (Å²) < 4.78 is 6.56. The summed E-state index contributed by atoms with van der Waals surface area (Å²) in [5.41, 5.74) is 0.596. The van der Waals surface area contributed by atoms with Gasteiger partial charge in [0.1, 0.15) is 5.03 Å². The number of nitrogens with zero attached hydrogens (tertiary/aromatic N) is 1. The lowest BCUT2D eigenvalue weighted by atomic mass is 10.2. The van der Waals surface area contributed by atoms with Crippen LogP contribution >= 0.6 is 27.7 Å². The molecule has 2 aromatic rings. The molecule has 0 aliphatic carbocycles. The molecule has 120 valence electrons. The van der Waals surface area contributed by atoms with Gasteiger partial charge in [-0.1, -0.05) is 27.7 Å². The van der Waals surface area contributed by atoms with Crippen LogP contribution in [0.4, 0.5) is 0 Å². The first-order valence-corrected chi connectivity index (χ1v) is 9.11. The van der Waals surface area contributed by atoms with Gasteiger partial charge in [-0.15, -0.1) is 0 Å². The van der Waals surface area contributed by atoms with Gasteiger partial charge in [-0.3, -0.25) is 4.79 Å². The van der Waals surface area contributed by atoms with Crippen LogP contribution in [0.5, 0.6) is 0 Å². The van der Waals surface area contributed by atoms with Crippen molar-refractivity contribution in [3.8, 4) is 0 Å². The summed E-state index contributed by atoms with van der Waals surface area (Å²) in [5.74, 6) is -0.104. The number of rotatable bonds is 5. The Labute approximate surface area is 148 Å². The molecule has 0 saturated carbocycles. The standard InChI is InChI=1S/C17H17BrN2O2S/c18-12-5-7-14(8-6-12)23-17-15(4-1-9-19-17)16(21)20-11-13-3-2-10-22-13/h1,4-9,13H,2-3,10-11H2,(H,20,21)/t13-/m1/s1. The lowest BCUT2D eigenvalue weighted by Gasteiger charge is -2.12. The number of pyridine rings is 1. The van der Waals surface area contributed by atoms with Gasteiger partial charge in [0.25, 0.3) is 5.91 Å². The molecule has 3 rings (SSSR count). The van der Waals surface area contributed by atoms with E-state index in [2.05, 4.69) is 26.2 Å². The first-order chi connectivity index (χ1) is 11.2. The van der Waals surface area contributed by atoms with Crippen LogP contribution in [0.2, 0.25) is 0 Å². The third kappa shape index (κ3) is 4.56. The van der Waals surface area contributed by atoms with Crippen molar-refractivity contribution in [2.24, 2.45) is 0 Å². The number of nitrogens with one attached hydrogen (secondary N) is 1. The molecule has 6 heteroatoms. The Balaban J connectivity index is 1.69. The van der Waals surface area contributed by atoms with E-state index in [1.54, 1.807) is 18.3 Å². The fraction of sp³-hybridized carbons (Fsp3) is 0.294. The zero-order valence-corrected chi connectivity index (χ0v) is 14.9. The van der Waals surface area contributed by atoms with E-state index >= 15 is 0 Å². The van der Waals surface area contributed by atoms with E-state index in [-0.39, 0.29) is 12.0 Å². The minimum Gasteiger partial charge on any atom is -0.376 e. The van der Waals surface area contributed by atoms with Crippen molar-refractivity contribution in [1.29, 1.82) is 0 Å². The Morgan fingerprint density at radius 1 is 1.35 bits per heavy atom. The molecular formula is C17H17BrN2O2S. The maximum atomic E-state index is 12.4. The van der Waals surface area contributed by atoms with Gasteiger partial charge in [-0.05, 0) is 49.2 Å². The highest BCUT2D eigenvalue weighted by atomic mass is 79.9. The number of amides is 1. The normalized spacial score (nSPS) is 17.2. The van der Waals surface area contributed by atoms with Crippen molar-refractivity contribution >= 4 is 33.6 Å². The molecule has 1 fully saturated rings. The van der Waals surface area contributed by atoms with Gasteiger partial charge in [0, 0.05) is 28.7 Å². The molecule has 1 aromatic heterocycles. The van der Waals surface area contributed by atoms with E-state index in [0.717, 1.165) is 28.8 Å². The summed E-state index contributed by atoms with van der Waals surface area (Å²) >= 11 is 4.91. The van der Waals surface area contributed by atoms with Crippen LogP contribution in [-0.2, 0) is 4.74 Å². The van der Waals surface area contributed by atoms with Crippen molar-refractivity contribution in [2.45, 2.75) is 28.9 Å². The summed E-state index contributed by atoms with van der Waals surface area (Å²) in [5, 5.41) is 3.66. The van der Waals surface area contributed by atoms with Crippen molar-refractivity contribution in [3.63, 3.8) is 0 Å². The van der Waals surface area contributed by atoms with Gasteiger partial charge in [-0.2, -0.15) is 0 Å². The lowest BCUT2D eigenvalue weighted by molar-refractivity contribution is 0.0855. The molecule has 0 unspecified atom stereocenters. The maximum absolute atomic E-state index is 12.4. The van der Waals surface area contributed by atoms with Gasteiger partial charge in [0.15, 0.2) is 0 Å². The van der Waals surface area contributed by atoms with E-state index in [9.17, 15) is 4.79 Å². The van der Waals surface area contributed by atoms with E-state index in [1.807, 2.05) is 24.3 Å². The number of halogens is 1. The van der Waals surface area contributed by atoms with E-state index in [1.165, 1.54) is 11.8 Å². The zero-order valence-electron chi connectivity index (χ0n) is 12.5. The molecule has 23 heavy (non-hydrogen) atoms. The summed E-state index contributed by atoms with van der Waals surface area (Å²) in [6, 6.07) is 11.5. The third-order valence-corrected chi connectivity index (χ3v) is 5.11. The summed E-state index contributed by atoms with van der Waals surface area (Å²) in [4.78, 5) is 17.8. The quantitative estimate of drug-likeness (QED) is 0.837. The highest BCUT2D eigenvalue weighted by Crippen LogP contribution is 2.29. The molecule has 0 radical (unpaired) electrons. The molecule has 1 aliphatic heterocycles. The number of carbonyl (C=O) groups is 1. The van der Waals surface area contributed by atoms with Gasteiger partial charge in [-0.25, -0.2) is 4.98 Å². The minimum absolute atomic E-state index is 0.104. The van der Waals surface area contributed by atoms with Crippen molar-refractivity contribution in [1.82, 2.24) is 10.3 Å². The van der Waals surface area contributed by atoms with Crippen LogP contribution in [0.15, 0.2) is 57.0 Å². The molecule has 1 amide bonds. The molecule has 0 bridgehead atoms. The van der Waals surface area contributed by atoms with Crippen LogP contribution in [0.3, 0.4) is 0 Å². The van der Waals surface area contributed by atoms with E-state index in [0.29, 0.717) is 17.1 Å². The molecular weight excluding hydrogens is 376 g/mol. The Morgan fingerprint density at radius 2 is 2.17 bits per heavy atom. The highest BCUT2D eigenvalue weighted by Gasteiger charge is 2.18. The molecule has 1 N–H and O–H groups in total. The fourth-order valence-electron chi connectivity index (χ4n) is 2.37. The number of aromatic nitrogens is 1. The molecule has 1 aromatic carbocycles. The number of carbonyl (C=O) groups excluding carboxylic acids is 1. The first-order valence-electron chi connectivity index (χ1n) is 7.50. The smallest absolute Gasteiger partial charge is 0.254 e. The van der Waals surface area contributed by atoms with Crippen LogP contribution in [0, 0.1) is 0 Å². The second kappa shape index (κ2) is 7.95. The Bertz CT molecular complexity index is 673. The van der Waals surface area contributed by atoms with Gasteiger partial charge < -0.3 is 10.1 Å². The SMILES string of the molecule is O=C(NC[C@H]1CCCO1)c1cccnc1Sc1ccc(Br)cc1. The Morgan fingerprint density at radius 3 is 2.91 bits per heavy atom. The largest absolute Gasteiger partial charge is 0.376 e. The number of hydrogen-bond donors (Lipinski definition) is 1. The van der Waals surface area contributed by atoms with Gasteiger partial charge >= 0.3 is 0 Å². The van der Waals surface area contributed by atoms with E-state index < -0.39 is 0 Å². The van der Waals surface area contributed by atoms with Crippen molar-refractivity contribution in [3.05, 3.63) is 52.6 Å². The van der Waals surface area contributed by atoms with Crippen LogP contribution in [0.1, 0.15) is 23.2 Å². The van der Waals surface area contributed by atoms with E-state index in [4.69, 9.17) is 4.74 Å². The van der Waals surface area contributed by atoms with Gasteiger partial charge in [0.2, 0.25) is 0 Å². The minimum atomic E-state index is -0.104. The third-order valence-electron chi connectivity index (χ3n) is 3.56. The monoisotopic (exact) mass is 392 g/mol. The topological polar surface area (TPSA) is 51.2 Å².